The Morgan fingerprint density at radius 3 is 1.68 bits per heavy atom. The third-order valence-electron chi connectivity index (χ3n) is 2.01. The van der Waals surface area contributed by atoms with E-state index < -0.39 is 45.8 Å². The van der Waals surface area contributed by atoms with Crippen LogP contribution >= 0.6 is 12.2 Å². The quantitative estimate of drug-likeness (QED) is 0.473. The Morgan fingerprint density at radius 2 is 1.37 bits per heavy atom. The van der Waals surface area contributed by atoms with E-state index in [-0.39, 0.29) is 0 Å². The normalized spacial score (nSPS) is 11.4. The second kappa shape index (κ2) is 5.19. The fraction of sp³-hybridized carbons (Fsp3) is 0.222. The number of thiocarbonyl (C=S) groups is 1. The molecule has 1 rings (SSSR count). The summed E-state index contributed by atoms with van der Waals surface area (Å²) in [4.78, 5) is 0. The van der Waals surface area contributed by atoms with Gasteiger partial charge in [-0.1, -0.05) is 0 Å². The van der Waals surface area contributed by atoms with Gasteiger partial charge in [-0.15, -0.1) is 0 Å². The van der Waals surface area contributed by atoms with Crippen LogP contribution in [0.15, 0.2) is 0 Å². The lowest BCUT2D eigenvalue weighted by Gasteiger charge is -2.15. The summed E-state index contributed by atoms with van der Waals surface area (Å²) in [5, 5.41) is 3.45. The van der Waals surface area contributed by atoms with Crippen LogP contribution in [0.1, 0.15) is 5.56 Å². The van der Waals surface area contributed by atoms with Crippen molar-refractivity contribution in [3.05, 3.63) is 28.8 Å². The molecule has 0 heterocycles. The fourth-order valence-corrected chi connectivity index (χ4v) is 1.27. The summed E-state index contributed by atoms with van der Waals surface area (Å²) in [6, 6.07) is 0. The second-order valence-corrected chi connectivity index (χ2v) is 3.62. The van der Waals surface area contributed by atoms with E-state index in [0.717, 1.165) is 0 Å². The Kier molecular flexibility index (Phi) is 4.23. The zero-order valence-corrected chi connectivity index (χ0v) is 9.87. The maximum absolute atomic E-state index is 13.3. The molecule has 0 bridgehead atoms. The van der Waals surface area contributed by atoms with Crippen molar-refractivity contribution in [1.29, 1.82) is 0 Å². The lowest BCUT2D eigenvalue weighted by Crippen LogP contribution is -2.26. The molecule has 1 aromatic rings. The molecule has 0 spiro atoms. The van der Waals surface area contributed by atoms with Gasteiger partial charge in [-0.05, 0) is 12.2 Å². The van der Waals surface area contributed by atoms with Gasteiger partial charge in [0.05, 0.1) is 0 Å². The van der Waals surface area contributed by atoms with Gasteiger partial charge in [-0.25, -0.2) is 17.6 Å². The highest BCUT2D eigenvalue weighted by Gasteiger charge is 2.42. The average molecular weight is 306 g/mol. The Labute approximate surface area is 107 Å². The van der Waals surface area contributed by atoms with Crippen molar-refractivity contribution in [3.63, 3.8) is 0 Å². The summed E-state index contributed by atoms with van der Waals surface area (Å²) < 4.78 is 89.7. The molecule has 0 unspecified atom stereocenters. The molecule has 0 aliphatic rings. The molecule has 2 N–H and O–H groups in total. The lowest BCUT2D eigenvalue weighted by atomic mass is 10.1. The van der Waals surface area contributed by atoms with E-state index in [2.05, 4.69) is 17.5 Å². The smallest absolute Gasteiger partial charge is 0.366 e. The number of benzene rings is 1. The van der Waals surface area contributed by atoms with Gasteiger partial charge >= 0.3 is 6.18 Å². The molecule has 19 heavy (non-hydrogen) atoms. The third-order valence-corrected chi connectivity index (χ3v) is 2.32. The molecule has 0 aliphatic carbocycles. The molecule has 106 valence electrons. The minimum atomic E-state index is -5.57. The maximum Gasteiger partial charge on any atom is 0.422 e. The van der Waals surface area contributed by atoms with E-state index in [1.54, 1.807) is 5.32 Å². The first-order valence-corrected chi connectivity index (χ1v) is 4.94. The van der Waals surface area contributed by atoms with Crippen molar-refractivity contribution >= 4 is 23.0 Å². The van der Waals surface area contributed by atoms with E-state index in [1.165, 1.54) is 7.05 Å². The average Bonchev–Trinajstić information content (AvgIpc) is 2.30. The lowest BCUT2D eigenvalue weighted by molar-refractivity contribution is -0.143. The van der Waals surface area contributed by atoms with Gasteiger partial charge in [0.15, 0.2) is 28.4 Å². The molecule has 0 fully saturated rings. The number of hydrogen-bond donors (Lipinski definition) is 2. The Morgan fingerprint density at radius 1 is 0.947 bits per heavy atom. The summed E-state index contributed by atoms with van der Waals surface area (Å²) >= 11 is 4.43. The maximum atomic E-state index is 13.3. The zero-order valence-electron chi connectivity index (χ0n) is 9.05. The summed E-state index contributed by atoms with van der Waals surface area (Å²) in [5.41, 5.74) is -4.08. The highest BCUT2D eigenvalue weighted by molar-refractivity contribution is 7.80. The molecular weight excluding hydrogens is 301 g/mol. The van der Waals surface area contributed by atoms with E-state index >= 15 is 0 Å². The number of rotatable bonds is 1. The largest absolute Gasteiger partial charge is 0.422 e. The van der Waals surface area contributed by atoms with Gasteiger partial charge in [-0.3, -0.25) is 0 Å². The van der Waals surface area contributed by atoms with Crippen LogP contribution < -0.4 is 10.6 Å². The first-order valence-electron chi connectivity index (χ1n) is 4.53. The van der Waals surface area contributed by atoms with Gasteiger partial charge in [0.2, 0.25) is 0 Å². The number of anilines is 1. The van der Waals surface area contributed by atoms with Gasteiger partial charge in [0.25, 0.3) is 0 Å². The zero-order chi connectivity index (χ0) is 15.0. The molecular formula is C9H5F7N2S. The monoisotopic (exact) mass is 306 g/mol. The minimum absolute atomic E-state index is 0.434. The predicted molar refractivity (Wildman–Crippen MR) is 56.6 cm³/mol. The molecule has 0 aromatic heterocycles. The number of alkyl halides is 3. The van der Waals surface area contributed by atoms with Gasteiger partial charge in [0, 0.05) is 7.05 Å². The topological polar surface area (TPSA) is 24.1 Å². The molecule has 0 saturated heterocycles. The Balaban J connectivity index is 3.52. The highest BCUT2D eigenvalue weighted by Crippen LogP contribution is 2.38. The van der Waals surface area contributed by atoms with Crippen LogP contribution in [-0.4, -0.2) is 12.2 Å². The second-order valence-electron chi connectivity index (χ2n) is 3.21. The van der Waals surface area contributed by atoms with Gasteiger partial charge in [0.1, 0.15) is 11.3 Å². The molecule has 0 aliphatic heterocycles. The number of hydrogen-bond acceptors (Lipinski definition) is 1. The summed E-state index contributed by atoms with van der Waals surface area (Å²) in [6.45, 7) is 0. The SMILES string of the molecule is CNC(=S)Nc1c(F)c(F)c(C(F)(F)F)c(F)c1F. The fourth-order valence-electron chi connectivity index (χ4n) is 1.17. The van der Waals surface area contributed by atoms with Crippen molar-refractivity contribution < 1.29 is 30.7 Å². The first-order chi connectivity index (χ1) is 8.61. The highest BCUT2D eigenvalue weighted by atomic mass is 32.1. The van der Waals surface area contributed by atoms with Crippen LogP contribution in [0, 0.1) is 23.3 Å². The van der Waals surface area contributed by atoms with Crippen molar-refractivity contribution in [1.82, 2.24) is 5.32 Å². The van der Waals surface area contributed by atoms with E-state index in [9.17, 15) is 30.7 Å². The molecule has 0 saturated carbocycles. The van der Waals surface area contributed by atoms with Crippen molar-refractivity contribution in [2.24, 2.45) is 0 Å². The Hall–Kier alpha value is -1.58. The summed E-state index contributed by atoms with van der Waals surface area (Å²) in [6.07, 6.45) is -5.57. The molecule has 2 nitrogen and oxygen atoms in total. The van der Waals surface area contributed by atoms with Gasteiger partial charge < -0.3 is 10.6 Å². The third kappa shape index (κ3) is 2.88. The predicted octanol–water partition coefficient (Wildman–Crippen LogP) is 3.18. The van der Waals surface area contributed by atoms with E-state index in [1.807, 2.05) is 0 Å². The molecule has 0 amide bonds. The molecule has 0 radical (unpaired) electrons. The summed E-state index contributed by atoms with van der Waals surface area (Å²) in [7, 11) is 1.22. The number of nitrogens with one attached hydrogen (secondary N) is 2. The van der Waals surface area contributed by atoms with Crippen molar-refractivity contribution in [3.8, 4) is 0 Å². The van der Waals surface area contributed by atoms with Gasteiger partial charge in [-0.2, -0.15) is 13.2 Å². The number of halogens is 7. The summed E-state index contributed by atoms with van der Waals surface area (Å²) in [5.74, 6) is -9.53. The molecule has 0 atom stereocenters. The van der Waals surface area contributed by atoms with E-state index in [4.69, 9.17) is 0 Å². The molecule has 10 heteroatoms. The Bertz CT molecular complexity index is 497. The van der Waals surface area contributed by atoms with Crippen LogP contribution in [0.2, 0.25) is 0 Å². The van der Waals surface area contributed by atoms with E-state index in [0.29, 0.717) is 0 Å². The standard InChI is InChI=1S/C9H5F7N2S/c1-17-8(19)18-7-5(12)3(10)2(9(14,15)16)4(11)6(7)13/h1H3,(H2,17,18,19). The van der Waals surface area contributed by atoms with Crippen LogP contribution in [0.5, 0.6) is 0 Å². The van der Waals surface area contributed by atoms with Crippen LogP contribution in [0.3, 0.4) is 0 Å². The first kappa shape index (κ1) is 15.5. The van der Waals surface area contributed by atoms with Crippen LogP contribution in [-0.2, 0) is 6.18 Å². The molecule has 1 aromatic carbocycles. The van der Waals surface area contributed by atoms with Crippen LogP contribution in [0.25, 0.3) is 0 Å². The van der Waals surface area contributed by atoms with Crippen LogP contribution in [0.4, 0.5) is 36.4 Å². The van der Waals surface area contributed by atoms with Crippen molar-refractivity contribution in [2.45, 2.75) is 6.18 Å². The van der Waals surface area contributed by atoms with Crippen molar-refractivity contribution in [2.75, 3.05) is 12.4 Å². The minimum Gasteiger partial charge on any atom is -0.366 e.